The summed E-state index contributed by atoms with van der Waals surface area (Å²) >= 11 is 0. The predicted octanol–water partition coefficient (Wildman–Crippen LogP) is 2.03. The first-order chi connectivity index (χ1) is 10.2. The van der Waals surface area contributed by atoms with E-state index in [9.17, 15) is 4.79 Å². The van der Waals surface area contributed by atoms with Crippen LogP contribution in [0.25, 0.3) is 0 Å². The third-order valence-corrected chi connectivity index (χ3v) is 3.98. The van der Waals surface area contributed by atoms with E-state index in [0.717, 1.165) is 30.7 Å². The second kappa shape index (κ2) is 8.00. The number of nitrogens with one attached hydrogen (secondary N) is 1. The van der Waals surface area contributed by atoms with Crippen molar-refractivity contribution < 1.29 is 14.3 Å². The van der Waals surface area contributed by atoms with Gasteiger partial charge in [-0.15, -0.1) is 0 Å². The van der Waals surface area contributed by atoms with E-state index >= 15 is 0 Å². The fraction of sp³-hybridized carbons (Fsp3) is 0.562. The number of hydrogen-bond donors (Lipinski definition) is 2. The molecule has 5 heteroatoms. The highest BCUT2D eigenvalue weighted by molar-refractivity contribution is 5.93. The lowest BCUT2D eigenvalue weighted by Crippen LogP contribution is -2.29. The molecule has 1 aliphatic rings. The van der Waals surface area contributed by atoms with Crippen LogP contribution in [0, 0.1) is 11.8 Å². The Labute approximate surface area is 125 Å². The third-order valence-electron chi connectivity index (χ3n) is 3.98. The number of nitrogens with two attached hydrogens (primary N) is 1. The molecule has 2 atom stereocenters. The van der Waals surface area contributed by atoms with Crippen molar-refractivity contribution in [2.45, 2.75) is 19.3 Å². The molecular formula is C16H24N2O3. The summed E-state index contributed by atoms with van der Waals surface area (Å²) in [7, 11) is 1.64. The SMILES string of the molecule is COCCOc1ccc(NC(=O)[C@@H]2CCC[C@@H]2CN)cc1. The van der Waals surface area contributed by atoms with Gasteiger partial charge in [0, 0.05) is 18.7 Å². The molecule has 116 valence electrons. The second-order valence-electron chi connectivity index (χ2n) is 5.39. The molecule has 3 N–H and O–H groups in total. The van der Waals surface area contributed by atoms with Gasteiger partial charge in [-0.1, -0.05) is 6.42 Å². The number of benzene rings is 1. The maximum absolute atomic E-state index is 12.3. The van der Waals surface area contributed by atoms with Gasteiger partial charge in [-0.25, -0.2) is 0 Å². The minimum Gasteiger partial charge on any atom is -0.491 e. The summed E-state index contributed by atoms with van der Waals surface area (Å²) in [5, 5.41) is 2.97. The number of methoxy groups -OCH3 is 1. The maximum Gasteiger partial charge on any atom is 0.227 e. The van der Waals surface area contributed by atoms with Crippen molar-refractivity contribution in [3.8, 4) is 5.75 Å². The maximum atomic E-state index is 12.3. The molecule has 1 fully saturated rings. The van der Waals surface area contributed by atoms with E-state index in [2.05, 4.69) is 5.32 Å². The summed E-state index contributed by atoms with van der Waals surface area (Å²) in [5.74, 6) is 1.22. The van der Waals surface area contributed by atoms with E-state index in [1.807, 2.05) is 24.3 Å². The van der Waals surface area contributed by atoms with Gasteiger partial charge in [-0.05, 0) is 49.6 Å². The molecule has 0 aliphatic heterocycles. The summed E-state index contributed by atoms with van der Waals surface area (Å²) in [5.41, 5.74) is 6.52. The molecule has 0 unspecified atom stereocenters. The largest absolute Gasteiger partial charge is 0.491 e. The Morgan fingerprint density at radius 1 is 1.29 bits per heavy atom. The van der Waals surface area contributed by atoms with Crippen LogP contribution in [-0.2, 0) is 9.53 Å². The van der Waals surface area contributed by atoms with Gasteiger partial charge < -0.3 is 20.5 Å². The van der Waals surface area contributed by atoms with E-state index in [1.54, 1.807) is 7.11 Å². The van der Waals surface area contributed by atoms with Crippen molar-refractivity contribution in [2.24, 2.45) is 17.6 Å². The van der Waals surface area contributed by atoms with E-state index in [4.69, 9.17) is 15.2 Å². The zero-order chi connectivity index (χ0) is 15.1. The minimum absolute atomic E-state index is 0.0487. The average molecular weight is 292 g/mol. The number of carbonyl (C=O) groups excluding carboxylic acids is 1. The number of amides is 1. The molecule has 1 aromatic rings. The molecule has 0 heterocycles. The van der Waals surface area contributed by atoms with Gasteiger partial charge in [0.15, 0.2) is 0 Å². The van der Waals surface area contributed by atoms with Gasteiger partial charge in [0.1, 0.15) is 12.4 Å². The lowest BCUT2D eigenvalue weighted by molar-refractivity contribution is -0.120. The molecule has 21 heavy (non-hydrogen) atoms. The molecule has 1 aliphatic carbocycles. The van der Waals surface area contributed by atoms with Gasteiger partial charge >= 0.3 is 0 Å². The molecule has 1 amide bonds. The average Bonchev–Trinajstić information content (AvgIpc) is 2.98. The second-order valence-corrected chi connectivity index (χ2v) is 5.39. The van der Waals surface area contributed by atoms with Crippen molar-refractivity contribution in [3.05, 3.63) is 24.3 Å². The van der Waals surface area contributed by atoms with Gasteiger partial charge in [-0.2, -0.15) is 0 Å². The first-order valence-electron chi connectivity index (χ1n) is 7.47. The predicted molar refractivity (Wildman–Crippen MR) is 82.3 cm³/mol. The van der Waals surface area contributed by atoms with Crippen LogP contribution in [0.3, 0.4) is 0 Å². The molecule has 0 aromatic heterocycles. The molecular weight excluding hydrogens is 268 g/mol. The highest BCUT2D eigenvalue weighted by atomic mass is 16.5. The van der Waals surface area contributed by atoms with Crippen molar-refractivity contribution in [2.75, 3.05) is 32.2 Å². The van der Waals surface area contributed by atoms with Crippen LogP contribution in [0.1, 0.15) is 19.3 Å². The topological polar surface area (TPSA) is 73.6 Å². The lowest BCUT2D eigenvalue weighted by Gasteiger charge is -2.17. The van der Waals surface area contributed by atoms with Gasteiger partial charge in [-0.3, -0.25) is 4.79 Å². The highest BCUT2D eigenvalue weighted by Crippen LogP contribution is 2.32. The monoisotopic (exact) mass is 292 g/mol. The Balaban J connectivity index is 1.86. The molecule has 5 nitrogen and oxygen atoms in total. The van der Waals surface area contributed by atoms with Gasteiger partial charge in [0.25, 0.3) is 0 Å². The zero-order valence-electron chi connectivity index (χ0n) is 12.5. The van der Waals surface area contributed by atoms with Crippen LogP contribution in [0.4, 0.5) is 5.69 Å². The van der Waals surface area contributed by atoms with Crippen LogP contribution >= 0.6 is 0 Å². The Kier molecular flexibility index (Phi) is 6.02. The van der Waals surface area contributed by atoms with Crippen molar-refractivity contribution in [3.63, 3.8) is 0 Å². The first-order valence-corrected chi connectivity index (χ1v) is 7.47. The quantitative estimate of drug-likeness (QED) is 0.754. The van der Waals surface area contributed by atoms with Crippen LogP contribution in [0.5, 0.6) is 5.75 Å². The Morgan fingerprint density at radius 2 is 2.05 bits per heavy atom. The summed E-state index contributed by atoms with van der Waals surface area (Å²) in [4.78, 5) is 12.3. The van der Waals surface area contributed by atoms with Crippen molar-refractivity contribution in [1.82, 2.24) is 0 Å². The Bertz CT molecular complexity index is 447. The van der Waals surface area contributed by atoms with Crippen molar-refractivity contribution >= 4 is 11.6 Å². The Hall–Kier alpha value is -1.59. The van der Waals surface area contributed by atoms with E-state index in [0.29, 0.717) is 25.7 Å². The highest BCUT2D eigenvalue weighted by Gasteiger charge is 2.31. The normalized spacial score (nSPS) is 21.2. The fourth-order valence-corrected chi connectivity index (χ4v) is 2.78. The fourth-order valence-electron chi connectivity index (χ4n) is 2.78. The van der Waals surface area contributed by atoms with Crippen LogP contribution < -0.4 is 15.8 Å². The molecule has 1 saturated carbocycles. The number of rotatable bonds is 7. The molecule has 2 rings (SSSR count). The third kappa shape index (κ3) is 4.44. The number of carbonyl (C=O) groups is 1. The summed E-state index contributed by atoms with van der Waals surface area (Å²) in [6.07, 6.45) is 3.08. The Morgan fingerprint density at radius 3 is 2.71 bits per heavy atom. The molecule has 1 aromatic carbocycles. The van der Waals surface area contributed by atoms with E-state index in [1.165, 1.54) is 0 Å². The summed E-state index contributed by atoms with van der Waals surface area (Å²) < 4.78 is 10.4. The van der Waals surface area contributed by atoms with Gasteiger partial charge in [0.05, 0.1) is 6.61 Å². The number of anilines is 1. The van der Waals surface area contributed by atoms with Crippen LogP contribution in [0.2, 0.25) is 0 Å². The molecule has 0 saturated heterocycles. The standard InChI is InChI=1S/C16H24N2O3/c1-20-9-10-21-14-7-5-13(6-8-14)18-16(19)15-4-2-3-12(15)11-17/h5-8,12,15H,2-4,9-11,17H2,1H3,(H,18,19)/t12-,15-/m1/s1. The first kappa shape index (κ1) is 15.8. The minimum atomic E-state index is 0.0487. The van der Waals surface area contributed by atoms with Crippen molar-refractivity contribution in [1.29, 1.82) is 0 Å². The molecule has 0 radical (unpaired) electrons. The molecule has 0 bridgehead atoms. The van der Waals surface area contributed by atoms with Gasteiger partial charge in [0.2, 0.25) is 5.91 Å². The van der Waals surface area contributed by atoms with Crippen LogP contribution in [0.15, 0.2) is 24.3 Å². The summed E-state index contributed by atoms with van der Waals surface area (Å²) in [6, 6.07) is 7.40. The number of hydrogen-bond acceptors (Lipinski definition) is 4. The van der Waals surface area contributed by atoms with E-state index < -0.39 is 0 Å². The zero-order valence-corrected chi connectivity index (χ0v) is 12.5. The van der Waals surface area contributed by atoms with E-state index in [-0.39, 0.29) is 11.8 Å². The van der Waals surface area contributed by atoms with Crippen LogP contribution in [-0.4, -0.2) is 32.8 Å². The molecule has 0 spiro atoms. The lowest BCUT2D eigenvalue weighted by atomic mass is 9.95. The smallest absolute Gasteiger partial charge is 0.227 e. The number of ether oxygens (including phenoxy) is 2. The summed E-state index contributed by atoms with van der Waals surface area (Å²) in [6.45, 7) is 1.66.